The van der Waals surface area contributed by atoms with Crippen LogP contribution in [0.5, 0.6) is 0 Å². The lowest BCUT2D eigenvalue weighted by Gasteiger charge is -2.18. The molecule has 7 heteroatoms. The zero-order chi connectivity index (χ0) is 35.2. The predicted molar refractivity (Wildman–Crippen MR) is 198 cm³/mol. The molecule has 0 aliphatic carbocycles. The normalized spacial score (nSPS) is 11.6. The molecule has 7 nitrogen and oxygen atoms in total. The van der Waals surface area contributed by atoms with Gasteiger partial charge in [-0.2, -0.15) is 0 Å². The fourth-order valence-corrected chi connectivity index (χ4v) is 5.49. The van der Waals surface area contributed by atoms with Crippen molar-refractivity contribution in [2.75, 3.05) is 26.4 Å². The molecule has 0 unspecified atom stereocenters. The molecule has 0 aromatic heterocycles. The quantitative estimate of drug-likeness (QED) is 0.0282. The average Bonchev–Trinajstić information content (AvgIpc) is 3.08. The van der Waals surface area contributed by atoms with Gasteiger partial charge in [-0.15, -0.1) is 0 Å². The Balaban J connectivity index is 4.10. The summed E-state index contributed by atoms with van der Waals surface area (Å²) in [7, 11) is 0. The minimum atomic E-state index is -0.130. The molecule has 0 spiro atoms. The first-order valence-corrected chi connectivity index (χ1v) is 19.9. The minimum Gasteiger partial charge on any atom is -0.462 e. The number of ether oxygens (including phenoxy) is 4. The largest absolute Gasteiger partial charge is 0.462 e. The van der Waals surface area contributed by atoms with Gasteiger partial charge in [0.25, 0.3) is 0 Å². The van der Waals surface area contributed by atoms with Crippen molar-refractivity contribution >= 4 is 17.9 Å². The van der Waals surface area contributed by atoms with Gasteiger partial charge in [0.15, 0.2) is 0 Å². The summed E-state index contributed by atoms with van der Waals surface area (Å²) in [6, 6.07) is 0. The Bertz CT molecular complexity index is 740. The summed E-state index contributed by atoms with van der Waals surface area (Å²) in [6.45, 7) is 8.39. The van der Waals surface area contributed by atoms with E-state index < -0.39 is 0 Å². The lowest BCUT2D eigenvalue weighted by molar-refractivity contribution is -0.150. The zero-order valence-electron chi connectivity index (χ0n) is 31.5. The molecule has 0 bridgehead atoms. The van der Waals surface area contributed by atoms with Crippen LogP contribution >= 0.6 is 0 Å². The molecular weight excluding hydrogens is 604 g/mol. The van der Waals surface area contributed by atoms with E-state index in [9.17, 15) is 14.4 Å². The molecule has 0 rings (SSSR count). The number of allylic oxidation sites excluding steroid dienone is 2. The van der Waals surface area contributed by atoms with E-state index in [1.165, 1.54) is 51.4 Å². The van der Waals surface area contributed by atoms with E-state index in [1.807, 2.05) is 19.1 Å². The predicted octanol–water partition coefficient (Wildman–Crippen LogP) is 11.3. The van der Waals surface area contributed by atoms with Crippen molar-refractivity contribution < 1.29 is 33.3 Å². The van der Waals surface area contributed by atoms with Crippen LogP contribution in [0.1, 0.15) is 188 Å². The summed E-state index contributed by atoms with van der Waals surface area (Å²) in [5.74, 6) is -0.356. The molecule has 0 heterocycles. The Morgan fingerprint density at radius 1 is 0.479 bits per heavy atom. The Hall–Kier alpha value is -2.15. The smallest absolute Gasteiger partial charge is 0.306 e. The molecule has 0 amide bonds. The van der Waals surface area contributed by atoms with Crippen LogP contribution in [0.2, 0.25) is 0 Å². The van der Waals surface area contributed by atoms with Crippen molar-refractivity contribution in [3.05, 3.63) is 24.3 Å². The number of hydrogen-bond acceptors (Lipinski definition) is 7. The van der Waals surface area contributed by atoms with Crippen molar-refractivity contribution in [3.63, 3.8) is 0 Å². The summed E-state index contributed by atoms with van der Waals surface area (Å²) in [4.78, 5) is 36.4. The third-order valence-electron chi connectivity index (χ3n) is 8.45. The van der Waals surface area contributed by atoms with Crippen molar-refractivity contribution in [2.24, 2.45) is 0 Å². The highest BCUT2D eigenvalue weighted by Gasteiger charge is 2.14. The summed E-state index contributed by atoms with van der Waals surface area (Å²) in [5.41, 5.74) is 0. The first kappa shape index (κ1) is 45.9. The van der Waals surface area contributed by atoms with Gasteiger partial charge >= 0.3 is 17.9 Å². The molecule has 280 valence electrons. The number of unbranched alkanes of at least 4 members (excludes halogenated alkanes) is 16. The van der Waals surface area contributed by atoms with Crippen LogP contribution in [0.3, 0.4) is 0 Å². The second kappa shape index (κ2) is 37.7. The van der Waals surface area contributed by atoms with E-state index in [-0.39, 0.29) is 24.0 Å². The van der Waals surface area contributed by atoms with E-state index in [0.29, 0.717) is 52.1 Å². The van der Waals surface area contributed by atoms with Gasteiger partial charge in [0.1, 0.15) is 19.3 Å². The lowest BCUT2D eigenvalue weighted by Crippen LogP contribution is -2.18. The van der Waals surface area contributed by atoms with Crippen LogP contribution < -0.4 is 0 Å². The molecule has 0 aliphatic rings. The van der Waals surface area contributed by atoms with E-state index in [0.717, 1.165) is 89.9 Å². The van der Waals surface area contributed by atoms with Gasteiger partial charge in [-0.05, 0) is 77.6 Å². The molecule has 0 aromatic rings. The number of carbonyl (C=O) groups is 3. The molecule has 0 fully saturated rings. The van der Waals surface area contributed by atoms with Gasteiger partial charge < -0.3 is 18.9 Å². The molecule has 0 aliphatic heterocycles. The van der Waals surface area contributed by atoms with Gasteiger partial charge in [0, 0.05) is 32.5 Å². The van der Waals surface area contributed by atoms with Crippen LogP contribution in [-0.4, -0.2) is 50.4 Å². The van der Waals surface area contributed by atoms with Gasteiger partial charge in [-0.3, -0.25) is 14.4 Å². The van der Waals surface area contributed by atoms with Gasteiger partial charge in [-0.25, -0.2) is 0 Å². The van der Waals surface area contributed by atoms with E-state index >= 15 is 0 Å². The highest BCUT2D eigenvalue weighted by atomic mass is 16.5. The van der Waals surface area contributed by atoms with E-state index in [1.54, 1.807) is 0 Å². The Labute approximate surface area is 295 Å². The van der Waals surface area contributed by atoms with Crippen molar-refractivity contribution in [1.82, 2.24) is 0 Å². The summed E-state index contributed by atoms with van der Waals surface area (Å²) in [6.07, 6.45) is 34.0. The van der Waals surface area contributed by atoms with Gasteiger partial charge in [0.2, 0.25) is 0 Å². The molecule has 48 heavy (non-hydrogen) atoms. The molecule has 0 saturated carbocycles. The number of rotatable bonds is 36. The van der Waals surface area contributed by atoms with Crippen molar-refractivity contribution in [2.45, 2.75) is 194 Å². The van der Waals surface area contributed by atoms with Crippen LogP contribution in [0, 0.1) is 0 Å². The van der Waals surface area contributed by atoms with Crippen LogP contribution in [0.15, 0.2) is 24.3 Å². The molecular formula is C41H74O7. The Morgan fingerprint density at radius 2 is 0.917 bits per heavy atom. The third-order valence-corrected chi connectivity index (χ3v) is 8.45. The van der Waals surface area contributed by atoms with Crippen molar-refractivity contribution in [1.29, 1.82) is 0 Å². The maximum Gasteiger partial charge on any atom is 0.306 e. The van der Waals surface area contributed by atoms with E-state index in [4.69, 9.17) is 18.9 Å². The fourth-order valence-electron chi connectivity index (χ4n) is 5.49. The molecule has 0 aromatic carbocycles. The minimum absolute atomic E-state index is 0.0473. The van der Waals surface area contributed by atoms with Crippen LogP contribution in [0.25, 0.3) is 0 Å². The Morgan fingerprint density at radius 3 is 1.40 bits per heavy atom. The monoisotopic (exact) mass is 679 g/mol. The molecule has 0 radical (unpaired) electrons. The Kier molecular flexibility index (Phi) is 36.0. The van der Waals surface area contributed by atoms with Crippen LogP contribution in [0.4, 0.5) is 0 Å². The third kappa shape index (κ3) is 35.2. The second-order valence-electron chi connectivity index (χ2n) is 13.0. The highest BCUT2D eigenvalue weighted by Crippen LogP contribution is 2.18. The maximum atomic E-state index is 12.4. The lowest BCUT2D eigenvalue weighted by atomic mass is 10.0. The number of hydrogen-bond donors (Lipinski definition) is 0. The van der Waals surface area contributed by atoms with Crippen LogP contribution in [-0.2, 0) is 33.3 Å². The first-order chi connectivity index (χ1) is 23.5. The second-order valence-corrected chi connectivity index (χ2v) is 13.0. The maximum absolute atomic E-state index is 12.4. The molecule has 0 N–H and O–H groups in total. The van der Waals surface area contributed by atoms with Crippen molar-refractivity contribution in [3.8, 4) is 0 Å². The summed E-state index contributed by atoms with van der Waals surface area (Å²) in [5, 5.41) is 0. The van der Waals surface area contributed by atoms with Gasteiger partial charge in [0.05, 0.1) is 0 Å². The number of esters is 3. The fraction of sp³-hybridized carbons (Fsp3) is 0.829. The zero-order valence-corrected chi connectivity index (χ0v) is 31.5. The topological polar surface area (TPSA) is 88.1 Å². The average molecular weight is 679 g/mol. The molecule has 0 atom stereocenters. The summed E-state index contributed by atoms with van der Waals surface area (Å²) < 4.78 is 21.9. The van der Waals surface area contributed by atoms with Gasteiger partial charge in [-0.1, -0.05) is 115 Å². The SMILES string of the molecule is CCCCCC/C=C/COC(=O)CCCCCCCC(CCCCCCCC(=O)OC/C=C/CCCCCC)OC(=O)CCCOCC. The number of carbonyl (C=O) groups excluding carboxylic acids is 3. The standard InChI is InChI=1S/C41H74O7/c1-4-7-9-11-13-21-27-36-46-39(42)32-25-19-15-17-23-30-38(48-41(44)34-29-35-45-6-3)31-24-18-16-20-26-33-40(43)47-37-28-22-14-12-10-8-5-2/h21-22,27-28,38H,4-20,23-26,29-37H2,1-3H3/b27-21+,28-22+. The first-order valence-electron chi connectivity index (χ1n) is 19.9. The van der Waals surface area contributed by atoms with E-state index in [2.05, 4.69) is 26.0 Å². The summed E-state index contributed by atoms with van der Waals surface area (Å²) >= 11 is 0. The molecule has 0 saturated heterocycles. The highest BCUT2D eigenvalue weighted by molar-refractivity contribution is 5.70.